The summed E-state index contributed by atoms with van der Waals surface area (Å²) in [6.07, 6.45) is 2.51. The number of aromatic nitrogens is 2. The number of alkyl halides is 2. The molecule has 0 aliphatic rings. The van der Waals surface area contributed by atoms with Crippen LogP contribution in [0.3, 0.4) is 0 Å². The zero-order valence-electron chi connectivity index (χ0n) is 12.2. The van der Waals surface area contributed by atoms with Crippen molar-refractivity contribution < 1.29 is 13.6 Å². The summed E-state index contributed by atoms with van der Waals surface area (Å²) in [5.74, 6) is -0.0594. The van der Waals surface area contributed by atoms with Crippen LogP contribution in [0.25, 0.3) is 0 Å². The number of carbonyl (C=O) groups excluding carboxylic acids is 1. The number of nitrogens with zero attached hydrogens (tertiary/aromatic N) is 3. The van der Waals surface area contributed by atoms with Crippen molar-refractivity contribution in [2.45, 2.75) is 26.9 Å². The summed E-state index contributed by atoms with van der Waals surface area (Å²) in [6, 6.07) is 5.54. The summed E-state index contributed by atoms with van der Waals surface area (Å²) in [4.78, 5) is 17.6. The molecule has 1 aromatic carbocycles. The molecule has 0 unspecified atom stereocenters. The van der Waals surface area contributed by atoms with Crippen LogP contribution in [0.2, 0.25) is 0 Å². The average Bonchev–Trinajstić information content (AvgIpc) is 2.84. The molecule has 0 saturated carbocycles. The minimum absolute atomic E-state index is 0.0309. The van der Waals surface area contributed by atoms with E-state index in [2.05, 4.69) is 4.98 Å². The molecule has 2 rings (SSSR count). The fourth-order valence-electron chi connectivity index (χ4n) is 2.25. The Morgan fingerprint density at radius 3 is 2.48 bits per heavy atom. The molecule has 0 fully saturated rings. The highest BCUT2D eigenvalue weighted by atomic mass is 19.3. The van der Waals surface area contributed by atoms with Crippen LogP contribution in [0.5, 0.6) is 0 Å². The van der Waals surface area contributed by atoms with E-state index < -0.39 is 6.55 Å². The zero-order chi connectivity index (χ0) is 15.6. The second kappa shape index (κ2) is 6.03. The van der Waals surface area contributed by atoms with Gasteiger partial charge in [-0.15, -0.1) is 0 Å². The SMILES string of the molecule is Cc1cc(C)cc(C(=O)N(C)Cc2nccn2C(F)F)c1. The number of amides is 1. The van der Waals surface area contributed by atoms with E-state index in [1.807, 2.05) is 19.9 Å². The normalized spacial score (nSPS) is 11.0. The zero-order valence-corrected chi connectivity index (χ0v) is 12.2. The third-order valence-electron chi connectivity index (χ3n) is 3.15. The predicted octanol–water partition coefficient (Wildman–Crippen LogP) is 3.17. The monoisotopic (exact) mass is 293 g/mol. The molecule has 0 aliphatic heterocycles. The first-order valence-electron chi connectivity index (χ1n) is 6.52. The molecule has 0 atom stereocenters. The highest BCUT2D eigenvalue weighted by Crippen LogP contribution is 2.15. The van der Waals surface area contributed by atoms with Crippen molar-refractivity contribution in [3.63, 3.8) is 0 Å². The van der Waals surface area contributed by atoms with E-state index in [0.29, 0.717) is 5.56 Å². The van der Waals surface area contributed by atoms with Crippen molar-refractivity contribution in [3.8, 4) is 0 Å². The standard InChI is InChI=1S/C15H17F2N3O/c1-10-6-11(2)8-12(7-10)14(21)19(3)9-13-18-4-5-20(13)15(16)17/h4-8,15H,9H2,1-3H3. The Kier molecular flexibility index (Phi) is 4.35. The summed E-state index contributed by atoms with van der Waals surface area (Å²) in [5, 5.41) is 0. The maximum Gasteiger partial charge on any atom is 0.319 e. The number of rotatable bonds is 4. The van der Waals surface area contributed by atoms with Crippen molar-refractivity contribution in [2.75, 3.05) is 7.05 Å². The lowest BCUT2D eigenvalue weighted by atomic mass is 10.1. The van der Waals surface area contributed by atoms with Gasteiger partial charge in [0.05, 0.1) is 6.54 Å². The van der Waals surface area contributed by atoms with Crippen LogP contribution in [0.15, 0.2) is 30.6 Å². The number of hydrogen-bond donors (Lipinski definition) is 0. The van der Waals surface area contributed by atoms with Gasteiger partial charge < -0.3 is 4.90 Å². The van der Waals surface area contributed by atoms with Gasteiger partial charge in [-0.1, -0.05) is 17.2 Å². The first kappa shape index (κ1) is 15.2. The van der Waals surface area contributed by atoms with Crippen molar-refractivity contribution in [3.05, 3.63) is 53.1 Å². The summed E-state index contributed by atoms with van der Waals surface area (Å²) < 4.78 is 26.3. The van der Waals surface area contributed by atoms with E-state index in [9.17, 15) is 13.6 Å². The van der Waals surface area contributed by atoms with Crippen molar-refractivity contribution in [2.24, 2.45) is 0 Å². The third-order valence-corrected chi connectivity index (χ3v) is 3.15. The Bertz CT molecular complexity index is 632. The van der Waals surface area contributed by atoms with Gasteiger partial charge in [0.1, 0.15) is 5.82 Å². The van der Waals surface area contributed by atoms with Gasteiger partial charge >= 0.3 is 6.55 Å². The smallest absolute Gasteiger partial charge is 0.319 e. The van der Waals surface area contributed by atoms with Crippen molar-refractivity contribution >= 4 is 5.91 Å². The van der Waals surface area contributed by atoms with E-state index in [4.69, 9.17) is 0 Å². The Morgan fingerprint density at radius 2 is 1.90 bits per heavy atom. The van der Waals surface area contributed by atoms with Gasteiger partial charge in [0, 0.05) is 25.0 Å². The molecule has 6 heteroatoms. The summed E-state index contributed by atoms with van der Waals surface area (Å²) in [6.45, 7) is 1.19. The quantitative estimate of drug-likeness (QED) is 0.868. The molecule has 4 nitrogen and oxygen atoms in total. The fraction of sp³-hybridized carbons (Fsp3) is 0.333. The summed E-state index contributed by atoms with van der Waals surface area (Å²) >= 11 is 0. The van der Waals surface area contributed by atoms with Gasteiger partial charge in [0.25, 0.3) is 5.91 Å². The molecule has 0 N–H and O–H groups in total. The Balaban J connectivity index is 2.17. The van der Waals surface area contributed by atoms with Crippen LogP contribution in [0.1, 0.15) is 33.9 Å². The number of aryl methyl sites for hydroxylation is 2. The van der Waals surface area contributed by atoms with E-state index in [-0.39, 0.29) is 18.3 Å². The number of benzene rings is 1. The second-order valence-electron chi connectivity index (χ2n) is 5.07. The lowest BCUT2D eigenvalue weighted by molar-refractivity contribution is 0.0612. The number of halogens is 2. The van der Waals surface area contributed by atoms with Crippen LogP contribution in [0, 0.1) is 13.8 Å². The third kappa shape index (κ3) is 3.45. The van der Waals surface area contributed by atoms with Gasteiger partial charge in [-0.3, -0.25) is 9.36 Å². The van der Waals surface area contributed by atoms with Crippen LogP contribution in [0.4, 0.5) is 8.78 Å². The molecule has 0 radical (unpaired) electrons. The molecule has 0 bridgehead atoms. The maximum atomic E-state index is 12.8. The average molecular weight is 293 g/mol. The summed E-state index contributed by atoms with van der Waals surface area (Å²) in [7, 11) is 1.57. The fourth-order valence-corrected chi connectivity index (χ4v) is 2.25. The number of carbonyl (C=O) groups is 1. The van der Waals surface area contributed by atoms with Crippen LogP contribution < -0.4 is 0 Å². The molecule has 1 aromatic heterocycles. The Labute approximate surface area is 122 Å². The number of imidazole rings is 1. The van der Waals surface area contributed by atoms with E-state index in [1.54, 1.807) is 19.2 Å². The molecule has 1 amide bonds. The van der Waals surface area contributed by atoms with Crippen molar-refractivity contribution in [1.82, 2.24) is 14.5 Å². The number of hydrogen-bond acceptors (Lipinski definition) is 2. The van der Waals surface area contributed by atoms with E-state index >= 15 is 0 Å². The second-order valence-corrected chi connectivity index (χ2v) is 5.07. The van der Waals surface area contributed by atoms with E-state index in [1.165, 1.54) is 17.3 Å². The molecule has 1 heterocycles. The Hall–Kier alpha value is -2.24. The van der Waals surface area contributed by atoms with Gasteiger partial charge in [-0.05, 0) is 26.0 Å². The van der Waals surface area contributed by atoms with Crippen LogP contribution in [-0.2, 0) is 6.54 Å². The molecule has 112 valence electrons. The molecular formula is C15H17F2N3O. The first-order chi connectivity index (χ1) is 9.88. The highest BCUT2D eigenvalue weighted by Gasteiger charge is 2.17. The van der Waals surface area contributed by atoms with Gasteiger partial charge in [0.2, 0.25) is 0 Å². The lowest BCUT2D eigenvalue weighted by Crippen LogP contribution is -2.28. The van der Waals surface area contributed by atoms with Gasteiger partial charge in [0.15, 0.2) is 0 Å². The minimum atomic E-state index is -2.66. The topological polar surface area (TPSA) is 38.1 Å². The molecule has 0 aliphatic carbocycles. The molecule has 0 spiro atoms. The molecular weight excluding hydrogens is 276 g/mol. The molecule has 2 aromatic rings. The van der Waals surface area contributed by atoms with Crippen molar-refractivity contribution in [1.29, 1.82) is 0 Å². The van der Waals surface area contributed by atoms with Gasteiger partial charge in [-0.25, -0.2) is 4.98 Å². The Morgan fingerprint density at radius 1 is 1.29 bits per heavy atom. The first-order valence-corrected chi connectivity index (χ1v) is 6.52. The van der Waals surface area contributed by atoms with Crippen LogP contribution >= 0.6 is 0 Å². The van der Waals surface area contributed by atoms with E-state index in [0.717, 1.165) is 15.7 Å². The van der Waals surface area contributed by atoms with Crippen LogP contribution in [-0.4, -0.2) is 27.4 Å². The highest BCUT2D eigenvalue weighted by molar-refractivity contribution is 5.94. The summed E-state index contributed by atoms with van der Waals surface area (Å²) in [5.41, 5.74) is 2.52. The molecule has 0 saturated heterocycles. The maximum absolute atomic E-state index is 12.8. The minimum Gasteiger partial charge on any atom is -0.334 e. The van der Waals surface area contributed by atoms with Gasteiger partial charge in [-0.2, -0.15) is 8.78 Å². The molecule has 21 heavy (non-hydrogen) atoms. The largest absolute Gasteiger partial charge is 0.334 e. The predicted molar refractivity (Wildman–Crippen MR) is 75.2 cm³/mol. The lowest BCUT2D eigenvalue weighted by Gasteiger charge is -2.18.